The van der Waals surface area contributed by atoms with Gasteiger partial charge in [-0.3, -0.25) is 0 Å². The van der Waals surface area contributed by atoms with Crippen LogP contribution in [0.15, 0.2) is 194 Å². The van der Waals surface area contributed by atoms with E-state index in [-0.39, 0.29) is 17.0 Å². The highest BCUT2D eigenvalue weighted by Gasteiger charge is 2.39. The van der Waals surface area contributed by atoms with E-state index in [1.54, 1.807) is 24.3 Å². The molecule has 2 aromatic heterocycles. The Kier molecular flexibility index (Phi) is 7.92. The maximum absolute atomic E-state index is 14.5. The first-order valence-corrected chi connectivity index (χ1v) is 20.1. The Bertz CT molecular complexity index is 2980. The van der Waals surface area contributed by atoms with Crippen LogP contribution in [0.1, 0.15) is 25.0 Å². The van der Waals surface area contributed by atoms with Crippen molar-refractivity contribution < 1.29 is 8.78 Å². The SMILES string of the molecule is CC1(C)c2cc3c(cc2-c2cc4c(-c5ccccc5)c(-c5ccccc5)n(-c5ccc(F)cc5)c4cc21)c(-c1ccccc1)c(-c1ccccc1)n3-c1ccc(F)cc1. The molecular formula is C55H38F2N2. The molecule has 0 saturated carbocycles. The monoisotopic (exact) mass is 764 g/mol. The number of fused-ring (bicyclic) bond motifs is 5. The predicted molar refractivity (Wildman–Crippen MR) is 239 cm³/mol. The molecule has 0 spiro atoms. The fraction of sp³-hybridized carbons (Fsp3) is 0.0545. The minimum Gasteiger partial charge on any atom is -0.309 e. The van der Waals surface area contributed by atoms with Crippen molar-refractivity contribution in [2.75, 3.05) is 0 Å². The molecule has 1 aliphatic carbocycles. The summed E-state index contributed by atoms with van der Waals surface area (Å²) < 4.78 is 33.7. The molecule has 0 radical (unpaired) electrons. The zero-order valence-corrected chi connectivity index (χ0v) is 32.6. The Morgan fingerprint density at radius 2 is 0.695 bits per heavy atom. The molecule has 0 aliphatic heterocycles. The van der Waals surface area contributed by atoms with E-state index in [1.165, 1.54) is 22.3 Å². The van der Waals surface area contributed by atoms with E-state index in [0.717, 1.165) is 77.9 Å². The molecule has 2 nitrogen and oxygen atoms in total. The lowest BCUT2D eigenvalue weighted by Crippen LogP contribution is -2.15. The van der Waals surface area contributed by atoms with Gasteiger partial charge in [0.2, 0.25) is 0 Å². The molecule has 0 saturated heterocycles. The van der Waals surface area contributed by atoms with Crippen molar-refractivity contribution in [2.45, 2.75) is 19.3 Å². The third kappa shape index (κ3) is 5.44. The summed E-state index contributed by atoms with van der Waals surface area (Å²) in [5.41, 5.74) is 17.1. The average Bonchev–Trinajstić information content (AvgIpc) is 3.87. The summed E-state index contributed by atoms with van der Waals surface area (Å²) in [5.74, 6) is -0.538. The van der Waals surface area contributed by atoms with Crippen LogP contribution >= 0.6 is 0 Å². The van der Waals surface area contributed by atoms with E-state index in [1.807, 2.05) is 36.4 Å². The van der Waals surface area contributed by atoms with Crippen LogP contribution in [0.3, 0.4) is 0 Å². The van der Waals surface area contributed by atoms with Gasteiger partial charge in [0.05, 0.1) is 22.4 Å². The highest BCUT2D eigenvalue weighted by molar-refractivity contribution is 6.11. The van der Waals surface area contributed by atoms with Gasteiger partial charge in [0.15, 0.2) is 0 Å². The average molecular weight is 765 g/mol. The number of rotatable bonds is 6. The third-order valence-corrected chi connectivity index (χ3v) is 12.2. The molecule has 11 rings (SSSR count). The number of nitrogens with zero attached hydrogens (tertiary/aromatic N) is 2. The number of halogens is 2. The summed E-state index contributed by atoms with van der Waals surface area (Å²) in [6.07, 6.45) is 0. The maximum atomic E-state index is 14.5. The summed E-state index contributed by atoms with van der Waals surface area (Å²) in [7, 11) is 0. The second kappa shape index (κ2) is 13.4. The molecule has 0 unspecified atom stereocenters. The molecule has 0 atom stereocenters. The van der Waals surface area contributed by atoms with Crippen LogP contribution in [0, 0.1) is 11.6 Å². The first-order valence-electron chi connectivity index (χ1n) is 20.1. The largest absolute Gasteiger partial charge is 0.309 e. The summed E-state index contributed by atoms with van der Waals surface area (Å²) >= 11 is 0. The quantitative estimate of drug-likeness (QED) is 0.160. The number of hydrogen-bond donors (Lipinski definition) is 0. The molecule has 0 bridgehead atoms. The molecule has 4 heteroatoms. The summed E-state index contributed by atoms with van der Waals surface area (Å²) in [6, 6.07) is 65.4. The van der Waals surface area contributed by atoms with E-state index >= 15 is 0 Å². The van der Waals surface area contributed by atoms with Crippen LogP contribution in [0.25, 0.3) is 89.1 Å². The molecule has 10 aromatic rings. The van der Waals surface area contributed by atoms with Gasteiger partial charge in [-0.15, -0.1) is 0 Å². The van der Waals surface area contributed by atoms with Gasteiger partial charge in [0.1, 0.15) is 11.6 Å². The second-order valence-corrected chi connectivity index (χ2v) is 16.0. The standard InChI is InChI=1S/C55H38F2N2/c1-55(2)47-33-49-45(51(35-15-7-3-8-16-35)53(37-19-11-5-12-20-37)58(49)41-27-23-39(56)24-28-41)31-43(47)44-32-46-50(34-48(44)55)59(42-29-25-40(57)26-30-42)54(38-21-13-6-14-22-38)52(46)36-17-9-4-10-18-36/h3-34H,1-2H3. The van der Waals surface area contributed by atoms with Crippen molar-refractivity contribution in [2.24, 2.45) is 0 Å². The Morgan fingerprint density at radius 3 is 1.03 bits per heavy atom. The topological polar surface area (TPSA) is 9.86 Å². The van der Waals surface area contributed by atoms with Crippen molar-refractivity contribution >= 4 is 21.8 Å². The van der Waals surface area contributed by atoms with Crippen LogP contribution in [0.5, 0.6) is 0 Å². The van der Waals surface area contributed by atoms with Gasteiger partial charge >= 0.3 is 0 Å². The Labute approximate surface area is 341 Å². The molecule has 59 heavy (non-hydrogen) atoms. The molecular weight excluding hydrogens is 727 g/mol. The first-order chi connectivity index (χ1) is 28.9. The van der Waals surface area contributed by atoms with Gasteiger partial charge < -0.3 is 9.13 Å². The van der Waals surface area contributed by atoms with Crippen LogP contribution in [0.2, 0.25) is 0 Å². The molecule has 0 amide bonds. The lowest BCUT2D eigenvalue weighted by atomic mass is 9.82. The van der Waals surface area contributed by atoms with Crippen LogP contribution in [0.4, 0.5) is 8.78 Å². The Morgan fingerprint density at radius 1 is 0.373 bits per heavy atom. The van der Waals surface area contributed by atoms with E-state index in [4.69, 9.17) is 0 Å². The zero-order chi connectivity index (χ0) is 39.8. The molecule has 282 valence electrons. The predicted octanol–water partition coefficient (Wildman–Crippen LogP) is 14.8. The highest BCUT2D eigenvalue weighted by atomic mass is 19.1. The van der Waals surface area contributed by atoms with Gasteiger partial charge in [-0.2, -0.15) is 0 Å². The lowest BCUT2D eigenvalue weighted by Gasteiger charge is -2.22. The molecule has 8 aromatic carbocycles. The zero-order valence-electron chi connectivity index (χ0n) is 32.6. The molecule has 0 N–H and O–H groups in total. The Hall–Kier alpha value is -7.30. The van der Waals surface area contributed by atoms with Gasteiger partial charge in [0.25, 0.3) is 0 Å². The number of hydrogen-bond acceptors (Lipinski definition) is 0. The smallest absolute Gasteiger partial charge is 0.123 e. The van der Waals surface area contributed by atoms with E-state index < -0.39 is 0 Å². The normalized spacial score (nSPS) is 12.9. The summed E-state index contributed by atoms with van der Waals surface area (Å²) in [5, 5.41) is 2.25. The van der Waals surface area contributed by atoms with Crippen LogP contribution in [-0.2, 0) is 5.41 Å². The fourth-order valence-corrected chi connectivity index (χ4v) is 9.54. The minimum atomic E-state index is -0.386. The first kappa shape index (κ1) is 34.9. The third-order valence-electron chi connectivity index (χ3n) is 12.2. The van der Waals surface area contributed by atoms with Crippen LogP contribution in [-0.4, -0.2) is 9.13 Å². The van der Waals surface area contributed by atoms with Crippen molar-refractivity contribution in [3.05, 3.63) is 217 Å². The number of aromatic nitrogens is 2. The van der Waals surface area contributed by atoms with Gasteiger partial charge in [-0.1, -0.05) is 135 Å². The van der Waals surface area contributed by atoms with Gasteiger partial charge in [0, 0.05) is 38.7 Å². The maximum Gasteiger partial charge on any atom is 0.123 e. The van der Waals surface area contributed by atoms with Gasteiger partial charge in [-0.25, -0.2) is 8.78 Å². The van der Waals surface area contributed by atoms with E-state index in [2.05, 4.69) is 156 Å². The molecule has 2 heterocycles. The second-order valence-electron chi connectivity index (χ2n) is 16.0. The highest BCUT2D eigenvalue weighted by Crippen LogP contribution is 2.55. The molecule has 0 fully saturated rings. The van der Waals surface area contributed by atoms with E-state index in [9.17, 15) is 8.78 Å². The lowest BCUT2D eigenvalue weighted by molar-refractivity contribution is 0.627. The Balaban J connectivity index is 1.27. The fourth-order valence-electron chi connectivity index (χ4n) is 9.54. The van der Waals surface area contributed by atoms with Crippen LogP contribution < -0.4 is 0 Å². The van der Waals surface area contributed by atoms with Crippen molar-refractivity contribution in [1.29, 1.82) is 0 Å². The van der Waals surface area contributed by atoms with E-state index in [0.29, 0.717) is 0 Å². The van der Waals surface area contributed by atoms with Crippen molar-refractivity contribution in [1.82, 2.24) is 9.13 Å². The summed E-state index contributed by atoms with van der Waals surface area (Å²) in [6.45, 7) is 4.64. The van der Waals surface area contributed by atoms with Crippen molar-refractivity contribution in [3.63, 3.8) is 0 Å². The number of benzene rings is 8. The van der Waals surface area contributed by atoms with Crippen molar-refractivity contribution in [3.8, 4) is 67.3 Å². The van der Waals surface area contributed by atoms with Gasteiger partial charge in [-0.05, 0) is 117 Å². The summed E-state index contributed by atoms with van der Waals surface area (Å²) in [4.78, 5) is 0. The molecule has 1 aliphatic rings. The minimum absolute atomic E-state index is 0.269.